The Labute approximate surface area is 96.9 Å². The summed E-state index contributed by atoms with van der Waals surface area (Å²) in [6.45, 7) is 0. The average molecular weight is 275 g/mol. The normalized spacial score (nSPS) is 11.7. The molecular formula is C9H4ClF5O2. The summed E-state index contributed by atoms with van der Waals surface area (Å²) in [7, 11) is 0. The number of ether oxygens (including phenoxy) is 1. The second-order valence-electron chi connectivity index (χ2n) is 2.84. The summed E-state index contributed by atoms with van der Waals surface area (Å²) >= 11 is 4.99. The topological polar surface area (TPSA) is 26.3 Å². The molecule has 0 spiro atoms. The maximum atomic E-state index is 12.6. The van der Waals surface area contributed by atoms with Crippen molar-refractivity contribution in [2.45, 2.75) is 12.8 Å². The van der Waals surface area contributed by atoms with E-state index in [4.69, 9.17) is 11.6 Å². The van der Waals surface area contributed by atoms with Gasteiger partial charge in [-0.05, 0) is 23.7 Å². The number of rotatable bonds is 3. The van der Waals surface area contributed by atoms with Crippen molar-refractivity contribution in [3.8, 4) is 5.75 Å². The minimum atomic E-state index is -5.13. The van der Waals surface area contributed by atoms with Gasteiger partial charge in [-0.15, -0.1) is 13.2 Å². The lowest BCUT2D eigenvalue weighted by atomic mass is 10.1. The van der Waals surface area contributed by atoms with Crippen LogP contribution in [-0.4, -0.2) is 11.6 Å². The molecule has 2 nitrogen and oxygen atoms in total. The van der Waals surface area contributed by atoms with Gasteiger partial charge in [0, 0.05) is 5.56 Å². The summed E-state index contributed by atoms with van der Waals surface area (Å²) in [5.41, 5.74) is -1.90. The lowest BCUT2D eigenvalue weighted by Gasteiger charge is -2.14. The van der Waals surface area contributed by atoms with Gasteiger partial charge >= 0.3 is 6.36 Å². The smallest absolute Gasteiger partial charge is 0.405 e. The highest BCUT2D eigenvalue weighted by Crippen LogP contribution is 2.35. The molecule has 0 atom stereocenters. The molecule has 0 aliphatic heterocycles. The van der Waals surface area contributed by atoms with Gasteiger partial charge in [0.05, 0.1) is 5.56 Å². The van der Waals surface area contributed by atoms with E-state index in [0.29, 0.717) is 6.07 Å². The number of hydrogen-bond acceptors (Lipinski definition) is 2. The largest absolute Gasteiger partial charge is 0.573 e. The van der Waals surface area contributed by atoms with Gasteiger partial charge in [-0.1, -0.05) is 6.07 Å². The van der Waals surface area contributed by atoms with E-state index in [9.17, 15) is 26.7 Å². The maximum absolute atomic E-state index is 12.6. The number of halogens is 6. The minimum absolute atomic E-state index is 0.679. The van der Waals surface area contributed by atoms with Crippen LogP contribution < -0.4 is 4.74 Å². The standard InChI is InChI=1S/C9H4ClF5O2/c10-7(16)4-2-1-3-5(6(4)8(11)12)17-9(13,14)15/h1-3,8H. The molecule has 0 fully saturated rings. The fraction of sp³-hybridized carbons (Fsp3) is 0.222. The van der Waals surface area contributed by atoms with Crippen molar-refractivity contribution < 1.29 is 31.5 Å². The van der Waals surface area contributed by atoms with Crippen LogP contribution in [0.5, 0.6) is 5.75 Å². The lowest BCUT2D eigenvalue weighted by molar-refractivity contribution is -0.275. The van der Waals surface area contributed by atoms with Crippen LogP contribution >= 0.6 is 11.6 Å². The van der Waals surface area contributed by atoms with E-state index >= 15 is 0 Å². The monoisotopic (exact) mass is 274 g/mol. The molecule has 0 aromatic heterocycles. The highest BCUT2D eigenvalue weighted by molar-refractivity contribution is 6.68. The first-order chi connectivity index (χ1) is 7.72. The van der Waals surface area contributed by atoms with Gasteiger partial charge in [-0.3, -0.25) is 4.79 Å². The van der Waals surface area contributed by atoms with E-state index in [-0.39, 0.29) is 0 Å². The Morgan fingerprint density at radius 2 is 1.88 bits per heavy atom. The molecule has 1 rings (SSSR count). The quantitative estimate of drug-likeness (QED) is 0.617. The zero-order valence-electron chi connectivity index (χ0n) is 7.89. The van der Waals surface area contributed by atoms with Crippen LogP contribution in [0.25, 0.3) is 0 Å². The molecule has 0 amide bonds. The van der Waals surface area contributed by atoms with Crippen molar-refractivity contribution in [2.75, 3.05) is 0 Å². The van der Waals surface area contributed by atoms with Crippen LogP contribution in [0.1, 0.15) is 22.3 Å². The third kappa shape index (κ3) is 3.55. The fourth-order valence-electron chi connectivity index (χ4n) is 1.15. The van der Waals surface area contributed by atoms with Crippen molar-refractivity contribution in [1.29, 1.82) is 0 Å². The molecular weight excluding hydrogens is 271 g/mol. The third-order valence-electron chi connectivity index (χ3n) is 1.72. The molecule has 1 aromatic carbocycles. The van der Waals surface area contributed by atoms with Crippen LogP contribution in [0.3, 0.4) is 0 Å². The highest BCUT2D eigenvalue weighted by Gasteiger charge is 2.34. The number of hydrogen-bond donors (Lipinski definition) is 0. The van der Waals surface area contributed by atoms with Gasteiger partial charge in [0.2, 0.25) is 0 Å². The summed E-state index contributed by atoms with van der Waals surface area (Å²) in [5.74, 6) is -1.14. The van der Waals surface area contributed by atoms with Crippen LogP contribution in [-0.2, 0) is 0 Å². The van der Waals surface area contributed by atoms with Gasteiger partial charge < -0.3 is 4.74 Å². The second kappa shape index (κ2) is 4.87. The molecule has 17 heavy (non-hydrogen) atoms. The van der Waals surface area contributed by atoms with E-state index in [0.717, 1.165) is 12.1 Å². The molecule has 0 aliphatic carbocycles. The number of carbonyl (C=O) groups is 1. The Bertz CT molecular complexity index is 430. The van der Waals surface area contributed by atoms with E-state index in [1.54, 1.807) is 0 Å². The number of benzene rings is 1. The van der Waals surface area contributed by atoms with Crippen LogP contribution in [0.2, 0.25) is 0 Å². The number of carbonyl (C=O) groups excluding carboxylic acids is 1. The Morgan fingerprint density at radius 1 is 1.29 bits per heavy atom. The fourth-order valence-corrected chi connectivity index (χ4v) is 1.32. The SMILES string of the molecule is O=C(Cl)c1cccc(OC(F)(F)F)c1C(F)F. The Kier molecular flexibility index (Phi) is 3.92. The molecule has 0 bridgehead atoms. The first-order valence-corrected chi connectivity index (χ1v) is 4.47. The van der Waals surface area contributed by atoms with Gasteiger partial charge in [0.15, 0.2) is 0 Å². The molecule has 0 saturated carbocycles. The average Bonchev–Trinajstić information content (AvgIpc) is 2.14. The van der Waals surface area contributed by atoms with E-state index in [2.05, 4.69) is 4.74 Å². The van der Waals surface area contributed by atoms with E-state index in [1.807, 2.05) is 0 Å². The highest BCUT2D eigenvalue weighted by atomic mass is 35.5. The van der Waals surface area contributed by atoms with Gasteiger partial charge in [0.1, 0.15) is 5.75 Å². The molecule has 0 N–H and O–H groups in total. The molecule has 1 aromatic rings. The Hall–Kier alpha value is -1.37. The second-order valence-corrected chi connectivity index (χ2v) is 3.18. The van der Waals surface area contributed by atoms with E-state index in [1.165, 1.54) is 0 Å². The molecule has 0 unspecified atom stereocenters. The summed E-state index contributed by atoms with van der Waals surface area (Å²) < 4.78 is 64.3. The molecule has 0 radical (unpaired) electrons. The Morgan fingerprint density at radius 3 is 2.29 bits per heavy atom. The summed E-state index contributed by atoms with van der Waals surface area (Å²) in [6, 6.07) is 2.53. The molecule has 0 aliphatic rings. The van der Waals surface area contributed by atoms with Crippen LogP contribution in [0, 0.1) is 0 Å². The van der Waals surface area contributed by atoms with Crippen molar-refractivity contribution in [2.24, 2.45) is 0 Å². The van der Waals surface area contributed by atoms with Gasteiger partial charge in [0.25, 0.3) is 11.7 Å². The number of alkyl halides is 5. The summed E-state index contributed by atoms with van der Waals surface area (Å²) in [6.07, 6.45) is -8.44. The first-order valence-electron chi connectivity index (χ1n) is 4.09. The van der Waals surface area contributed by atoms with Crippen molar-refractivity contribution in [3.63, 3.8) is 0 Å². The van der Waals surface area contributed by atoms with Gasteiger partial charge in [-0.2, -0.15) is 0 Å². The minimum Gasteiger partial charge on any atom is -0.405 e. The molecule has 0 heterocycles. The molecule has 94 valence electrons. The molecule has 8 heteroatoms. The first kappa shape index (κ1) is 13.7. The summed E-state index contributed by atoms with van der Waals surface area (Å²) in [4.78, 5) is 10.8. The predicted octanol–water partition coefficient (Wildman–Crippen LogP) is 3.90. The predicted molar refractivity (Wildman–Crippen MR) is 48.3 cm³/mol. The maximum Gasteiger partial charge on any atom is 0.573 e. The third-order valence-corrected chi connectivity index (χ3v) is 1.93. The van der Waals surface area contributed by atoms with Crippen molar-refractivity contribution in [3.05, 3.63) is 29.3 Å². The van der Waals surface area contributed by atoms with Crippen molar-refractivity contribution in [1.82, 2.24) is 0 Å². The Balaban J connectivity index is 3.30. The van der Waals surface area contributed by atoms with Gasteiger partial charge in [-0.25, -0.2) is 8.78 Å². The zero-order chi connectivity index (χ0) is 13.2. The van der Waals surface area contributed by atoms with Crippen molar-refractivity contribution >= 4 is 16.8 Å². The van der Waals surface area contributed by atoms with E-state index < -0.39 is 34.9 Å². The summed E-state index contributed by atoms with van der Waals surface area (Å²) in [5, 5.41) is -1.28. The van der Waals surface area contributed by atoms with Crippen LogP contribution in [0.4, 0.5) is 22.0 Å². The lowest BCUT2D eigenvalue weighted by Crippen LogP contribution is -2.19. The van der Waals surface area contributed by atoms with Crippen LogP contribution in [0.15, 0.2) is 18.2 Å². The zero-order valence-corrected chi connectivity index (χ0v) is 8.65. The molecule has 0 saturated heterocycles.